The number of pyridine rings is 1. The van der Waals surface area contributed by atoms with Crippen LogP contribution >= 0.6 is 23.1 Å². The Bertz CT molecular complexity index is 426. The van der Waals surface area contributed by atoms with Gasteiger partial charge in [-0.15, -0.1) is 11.3 Å². The first-order valence-electron chi connectivity index (χ1n) is 4.61. The van der Waals surface area contributed by atoms with E-state index in [2.05, 4.69) is 11.1 Å². The Morgan fingerprint density at radius 1 is 1.47 bits per heavy atom. The minimum atomic E-state index is -0.435. The zero-order valence-corrected chi connectivity index (χ0v) is 9.89. The highest BCUT2D eigenvalue weighted by Crippen LogP contribution is 2.30. The molecule has 2 nitrogen and oxygen atoms in total. The third-order valence-corrected chi connectivity index (χ3v) is 3.91. The van der Waals surface area contributed by atoms with E-state index in [9.17, 15) is 5.11 Å². The van der Waals surface area contributed by atoms with Crippen molar-refractivity contribution in [1.29, 1.82) is 0 Å². The predicted octanol–water partition coefficient (Wildman–Crippen LogP) is 3.35. The molecule has 0 aliphatic carbocycles. The van der Waals surface area contributed by atoms with Gasteiger partial charge >= 0.3 is 0 Å². The predicted molar refractivity (Wildman–Crippen MR) is 63.3 cm³/mol. The topological polar surface area (TPSA) is 33.1 Å². The van der Waals surface area contributed by atoms with Gasteiger partial charge in [-0.25, -0.2) is 4.98 Å². The van der Waals surface area contributed by atoms with E-state index >= 15 is 0 Å². The first-order chi connectivity index (χ1) is 7.25. The molecule has 2 rings (SSSR count). The molecule has 2 aromatic heterocycles. The van der Waals surface area contributed by atoms with Crippen molar-refractivity contribution in [2.45, 2.75) is 22.3 Å². The van der Waals surface area contributed by atoms with Crippen molar-refractivity contribution in [2.24, 2.45) is 0 Å². The maximum absolute atomic E-state index is 9.44. The van der Waals surface area contributed by atoms with Crippen LogP contribution in [0.15, 0.2) is 45.1 Å². The molecular formula is C11H11NOS2. The Kier molecular flexibility index (Phi) is 3.41. The second-order valence-electron chi connectivity index (χ2n) is 3.14. The zero-order chi connectivity index (χ0) is 10.7. The van der Waals surface area contributed by atoms with E-state index in [1.165, 1.54) is 4.21 Å². The largest absolute Gasteiger partial charge is 0.389 e. The maximum Gasteiger partial charge on any atom is 0.102 e. The van der Waals surface area contributed by atoms with Crippen molar-refractivity contribution in [2.75, 3.05) is 0 Å². The normalized spacial score (nSPS) is 12.7. The highest BCUT2D eigenvalue weighted by Gasteiger charge is 2.04. The molecule has 78 valence electrons. The van der Waals surface area contributed by atoms with E-state index in [0.717, 1.165) is 10.6 Å². The molecule has 1 atom stereocenters. The van der Waals surface area contributed by atoms with Crippen LogP contribution in [-0.4, -0.2) is 10.1 Å². The van der Waals surface area contributed by atoms with E-state index in [1.54, 1.807) is 36.2 Å². The van der Waals surface area contributed by atoms with Crippen LogP contribution in [0.5, 0.6) is 0 Å². The van der Waals surface area contributed by atoms with Gasteiger partial charge < -0.3 is 5.11 Å². The standard InChI is InChI=1S/C11H11NOS2/c1-8(13)9-4-5-12-10(7-9)15-11-3-2-6-14-11/h2-8,13H,1H3/t8-/m0/s1. The number of rotatable bonds is 3. The Morgan fingerprint density at radius 3 is 3.00 bits per heavy atom. The van der Waals surface area contributed by atoms with Crippen LogP contribution in [0.4, 0.5) is 0 Å². The third kappa shape index (κ3) is 2.81. The molecule has 2 aromatic rings. The second-order valence-corrected chi connectivity index (χ2v) is 5.41. The van der Waals surface area contributed by atoms with Gasteiger partial charge in [0.1, 0.15) is 5.03 Å². The van der Waals surface area contributed by atoms with Crippen LogP contribution in [0.2, 0.25) is 0 Å². The summed E-state index contributed by atoms with van der Waals surface area (Å²) in [6.45, 7) is 1.76. The maximum atomic E-state index is 9.44. The number of aliphatic hydroxyl groups is 1. The van der Waals surface area contributed by atoms with Crippen LogP contribution in [-0.2, 0) is 0 Å². The lowest BCUT2D eigenvalue weighted by Crippen LogP contribution is -1.91. The van der Waals surface area contributed by atoms with Crippen molar-refractivity contribution in [3.63, 3.8) is 0 Å². The van der Waals surface area contributed by atoms with Gasteiger partial charge in [0.15, 0.2) is 0 Å². The van der Waals surface area contributed by atoms with Gasteiger partial charge in [-0.2, -0.15) is 0 Å². The summed E-state index contributed by atoms with van der Waals surface area (Å²) in [5, 5.41) is 12.4. The Hall–Kier alpha value is -0.840. The molecule has 0 aliphatic heterocycles. The molecule has 1 N–H and O–H groups in total. The van der Waals surface area contributed by atoms with Crippen LogP contribution in [0.25, 0.3) is 0 Å². The fraction of sp³-hybridized carbons (Fsp3) is 0.182. The average molecular weight is 237 g/mol. The van der Waals surface area contributed by atoms with E-state index in [4.69, 9.17) is 0 Å². The van der Waals surface area contributed by atoms with E-state index < -0.39 is 6.10 Å². The van der Waals surface area contributed by atoms with Crippen molar-refractivity contribution in [3.05, 3.63) is 41.4 Å². The van der Waals surface area contributed by atoms with Crippen LogP contribution in [0.1, 0.15) is 18.6 Å². The van der Waals surface area contributed by atoms with E-state index in [1.807, 2.05) is 23.6 Å². The minimum Gasteiger partial charge on any atom is -0.389 e. The summed E-state index contributed by atoms with van der Waals surface area (Å²) in [5.74, 6) is 0. The fourth-order valence-corrected chi connectivity index (χ4v) is 2.89. The Morgan fingerprint density at radius 2 is 2.33 bits per heavy atom. The number of nitrogens with zero attached hydrogens (tertiary/aromatic N) is 1. The van der Waals surface area contributed by atoms with Gasteiger partial charge in [-0.1, -0.05) is 17.8 Å². The first kappa shape index (κ1) is 10.7. The minimum absolute atomic E-state index is 0.435. The highest BCUT2D eigenvalue weighted by molar-refractivity contribution is 8.01. The molecule has 2 heterocycles. The summed E-state index contributed by atoms with van der Waals surface area (Å²) in [4.78, 5) is 4.26. The quantitative estimate of drug-likeness (QED) is 0.888. The molecule has 0 unspecified atom stereocenters. The van der Waals surface area contributed by atoms with Gasteiger partial charge in [0.2, 0.25) is 0 Å². The first-order valence-corrected chi connectivity index (χ1v) is 6.30. The van der Waals surface area contributed by atoms with Crippen LogP contribution in [0, 0.1) is 0 Å². The SMILES string of the molecule is C[C@H](O)c1ccnc(Sc2cccs2)c1. The van der Waals surface area contributed by atoms with E-state index in [-0.39, 0.29) is 0 Å². The van der Waals surface area contributed by atoms with Crippen molar-refractivity contribution in [3.8, 4) is 0 Å². The lowest BCUT2D eigenvalue weighted by molar-refractivity contribution is 0.199. The summed E-state index contributed by atoms with van der Waals surface area (Å²) >= 11 is 3.31. The fourth-order valence-electron chi connectivity index (χ4n) is 1.17. The summed E-state index contributed by atoms with van der Waals surface area (Å²) < 4.78 is 1.21. The summed E-state index contributed by atoms with van der Waals surface area (Å²) in [7, 11) is 0. The molecule has 4 heteroatoms. The average Bonchev–Trinajstić information content (AvgIpc) is 2.71. The van der Waals surface area contributed by atoms with Gasteiger partial charge in [0.05, 0.1) is 10.3 Å². The number of aliphatic hydroxyl groups excluding tert-OH is 1. The molecule has 0 fully saturated rings. The van der Waals surface area contributed by atoms with Gasteiger partial charge in [0, 0.05) is 6.20 Å². The number of thiophene rings is 1. The van der Waals surface area contributed by atoms with Crippen LogP contribution < -0.4 is 0 Å². The molecule has 0 saturated carbocycles. The smallest absolute Gasteiger partial charge is 0.102 e. The molecule has 0 spiro atoms. The van der Waals surface area contributed by atoms with Crippen molar-refractivity contribution in [1.82, 2.24) is 4.98 Å². The molecule has 0 bridgehead atoms. The monoisotopic (exact) mass is 237 g/mol. The zero-order valence-electron chi connectivity index (χ0n) is 8.25. The Labute approximate surface area is 97.0 Å². The molecule has 15 heavy (non-hydrogen) atoms. The molecule has 0 aliphatic rings. The molecular weight excluding hydrogens is 226 g/mol. The highest BCUT2D eigenvalue weighted by atomic mass is 32.2. The van der Waals surface area contributed by atoms with Crippen LogP contribution in [0.3, 0.4) is 0 Å². The number of hydrogen-bond donors (Lipinski definition) is 1. The van der Waals surface area contributed by atoms with Gasteiger partial charge in [-0.3, -0.25) is 0 Å². The summed E-state index contributed by atoms with van der Waals surface area (Å²) in [5.41, 5.74) is 0.907. The third-order valence-electron chi connectivity index (χ3n) is 1.94. The summed E-state index contributed by atoms with van der Waals surface area (Å²) in [6.07, 6.45) is 1.30. The number of hydrogen-bond acceptors (Lipinski definition) is 4. The van der Waals surface area contributed by atoms with Gasteiger partial charge in [0.25, 0.3) is 0 Å². The number of aromatic nitrogens is 1. The molecule has 0 amide bonds. The summed E-state index contributed by atoms with van der Waals surface area (Å²) in [6, 6.07) is 7.84. The lowest BCUT2D eigenvalue weighted by atomic mass is 10.2. The van der Waals surface area contributed by atoms with Gasteiger partial charge in [-0.05, 0) is 36.1 Å². The molecule has 0 aromatic carbocycles. The second kappa shape index (κ2) is 4.79. The molecule has 0 saturated heterocycles. The van der Waals surface area contributed by atoms with E-state index in [0.29, 0.717) is 0 Å². The van der Waals surface area contributed by atoms with Crippen molar-refractivity contribution < 1.29 is 5.11 Å². The molecule has 0 radical (unpaired) electrons. The lowest BCUT2D eigenvalue weighted by Gasteiger charge is -2.05. The van der Waals surface area contributed by atoms with Crippen molar-refractivity contribution >= 4 is 23.1 Å². The Balaban J connectivity index is 2.18.